The molecule has 2 aromatic heterocycles. The minimum Gasteiger partial charge on any atom is -0.456 e. The molecule has 0 saturated carbocycles. The monoisotopic (exact) mass is 602 g/mol. The fraction of sp³-hybridized carbons (Fsp3) is 0.125. The van der Waals surface area contributed by atoms with E-state index < -0.39 is 21.5 Å². The van der Waals surface area contributed by atoms with E-state index in [9.17, 15) is 17.2 Å². The highest BCUT2D eigenvalue weighted by atomic mass is 32.2. The third kappa shape index (κ3) is 4.92. The molecule has 6 rings (SSSR count). The lowest BCUT2D eigenvalue weighted by molar-refractivity contribution is 0.456. The summed E-state index contributed by atoms with van der Waals surface area (Å²) in [7, 11) is -4.36. The van der Waals surface area contributed by atoms with Crippen LogP contribution in [0.4, 0.5) is 0 Å². The number of rotatable bonds is 6. The van der Waals surface area contributed by atoms with Crippen LogP contribution in [-0.4, -0.2) is 21.7 Å². The lowest BCUT2D eigenvalue weighted by Crippen LogP contribution is -2.00. The fourth-order valence-corrected chi connectivity index (χ4v) is 6.39. The average Bonchev–Trinajstić information content (AvgIpc) is 3.43. The average molecular weight is 603 g/mol. The number of benzene rings is 4. The van der Waals surface area contributed by atoms with E-state index in [2.05, 4.69) is 0 Å². The molecule has 4 aromatic carbocycles. The van der Waals surface area contributed by atoms with Crippen molar-refractivity contribution in [3.05, 3.63) is 95.1 Å². The Morgan fingerprint density at radius 3 is 1.55 bits per heavy atom. The minimum absolute atomic E-state index is 0.166. The molecule has 8 nitrogen and oxygen atoms in total. The van der Waals surface area contributed by atoms with E-state index in [0.29, 0.717) is 34.0 Å². The molecule has 214 valence electrons. The van der Waals surface area contributed by atoms with Crippen LogP contribution in [0.25, 0.3) is 55.7 Å². The van der Waals surface area contributed by atoms with Crippen molar-refractivity contribution in [3.63, 3.8) is 0 Å². The van der Waals surface area contributed by atoms with Gasteiger partial charge in [0.15, 0.2) is 0 Å². The van der Waals surface area contributed by atoms with E-state index in [1.54, 1.807) is 19.1 Å². The highest BCUT2D eigenvalue weighted by Gasteiger charge is 2.20. The maximum atomic E-state index is 11.7. The Hall–Kier alpha value is -4.22. The zero-order valence-corrected chi connectivity index (χ0v) is 24.7. The van der Waals surface area contributed by atoms with Gasteiger partial charge in [-0.1, -0.05) is 48.5 Å². The summed E-state index contributed by atoms with van der Waals surface area (Å²) < 4.78 is 70.4. The van der Waals surface area contributed by atoms with Gasteiger partial charge in [0.1, 0.15) is 33.3 Å². The summed E-state index contributed by atoms with van der Waals surface area (Å²) in [4.78, 5) is -0.166. The van der Waals surface area contributed by atoms with Crippen molar-refractivity contribution in [2.75, 3.05) is 0 Å². The number of hydrogen-bond donors (Lipinski definition) is 2. The highest BCUT2D eigenvalue weighted by molar-refractivity contribution is 7.85. The predicted molar refractivity (Wildman–Crippen MR) is 162 cm³/mol. The second-order valence-electron chi connectivity index (χ2n) is 10.3. The number of hydrogen-bond acceptors (Lipinski definition) is 6. The van der Waals surface area contributed by atoms with Crippen LogP contribution in [0.1, 0.15) is 22.3 Å². The van der Waals surface area contributed by atoms with Crippen molar-refractivity contribution >= 4 is 43.4 Å². The van der Waals surface area contributed by atoms with Gasteiger partial charge >= 0.3 is 11.4 Å². The molecule has 0 radical (unpaired) electrons. The maximum absolute atomic E-state index is 11.7. The van der Waals surface area contributed by atoms with Crippen LogP contribution >= 0.6 is 0 Å². The summed E-state index contributed by atoms with van der Waals surface area (Å²) in [6.45, 7) is 7.34. The normalized spacial score (nSPS) is 12.7. The van der Waals surface area contributed by atoms with Crippen LogP contribution in [0.5, 0.6) is 5.75 Å². The van der Waals surface area contributed by atoms with Crippen molar-refractivity contribution in [3.8, 4) is 39.5 Å². The molecule has 0 saturated heterocycles. The molecule has 10 heteroatoms. The molecule has 42 heavy (non-hydrogen) atoms. The zero-order valence-electron chi connectivity index (χ0n) is 23.1. The van der Waals surface area contributed by atoms with Gasteiger partial charge in [-0.25, -0.2) is 0 Å². The molecule has 0 amide bonds. The molecule has 2 N–H and O–H groups in total. The smallest absolute Gasteiger partial charge is 0.357 e. The molecule has 0 fully saturated rings. The van der Waals surface area contributed by atoms with Gasteiger partial charge < -0.3 is 13.0 Å². The maximum Gasteiger partial charge on any atom is 0.357 e. The highest BCUT2D eigenvalue weighted by Crippen LogP contribution is 2.38. The van der Waals surface area contributed by atoms with Crippen molar-refractivity contribution in [1.82, 2.24) is 0 Å². The largest absolute Gasteiger partial charge is 0.456 e. The van der Waals surface area contributed by atoms with Crippen molar-refractivity contribution < 1.29 is 34.7 Å². The third-order valence-corrected chi connectivity index (χ3v) is 8.85. The van der Waals surface area contributed by atoms with Gasteiger partial charge in [-0.3, -0.25) is 9.11 Å². The lowest BCUT2D eigenvalue weighted by Gasteiger charge is -2.06. The SMILES string of the molecule is Cc1cc2c(C)c(-c3ccc(-c4ccc(-c5oc6cc(S(=O)(=O)O)c(C)cc6c5C)cc4)cc3)oc2cc1OS(=O)O. The van der Waals surface area contributed by atoms with E-state index >= 15 is 0 Å². The summed E-state index contributed by atoms with van der Waals surface area (Å²) in [5.74, 6) is 1.63. The van der Waals surface area contributed by atoms with Gasteiger partial charge in [-0.2, -0.15) is 12.6 Å². The Kier molecular flexibility index (Phi) is 6.81. The van der Waals surface area contributed by atoms with E-state index in [-0.39, 0.29) is 4.90 Å². The van der Waals surface area contributed by atoms with Crippen molar-refractivity contribution in [1.29, 1.82) is 0 Å². The van der Waals surface area contributed by atoms with Crippen LogP contribution in [0.15, 0.2) is 86.5 Å². The molecule has 1 unspecified atom stereocenters. The van der Waals surface area contributed by atoms with Gasteiger partial charge in [-0.05, 0) is 62.1 Å². The van der Waals surface area contributed by atoms with Gasteiger partial charge in [0.25, 0.3) is 10.1 Å². The quantitative estimate of drug-likeness (QED) is 0.144. The molecule has 0 aliphatic rings. The first-order chi connectivity index (χ1) is 19.9. The molecule has 0 aliphatic carbocycles. The van der Waals surface area contributed by atoms with E-state index in [0.717, 1.165) is 49.7 Å². The summed E-state index contributed by atoms with van der Waals surface area (Å²) in [6, 6.07) is 22.5. The Balaban J connectivity index is 1.29. The first-order valence-corrected chi connectivity index (χ1v) is 15.4. The summed E-state index contributed by atoms with van der Waals surface area (Å²) in [6.07, 6.45) is 0. The lowest BCUT2D eigenvalue weighted by atomic mass is 9.99. The summed E-state index contributed by atoms with van der Waals surface area (Å²) in [5, 5.41) is 1.70. The van der Waals surface area contributed by atoms with Crippen molar-refractivity contribution in [2.24, 2.45) is 0 Å². The molecule has 0 aliphatic heterocycles. The Morgan fingerprint density at radius 2 is 1.10 bits per heavy atom. The van der Waals surface area contributed by atoms with E-state index in [1.807, 2.05) is 75.4 Å². The first kappa shape index (κ1) is 27.9. The van der Waals surface area contributed by atoms with Crippen molar-refractivity contribution in [2.45, 2.75) is 32.6 Å². The van der Waals surface area contributed by atoms with Gasteiger partial charge in [0.05, 0.1) is 0 Å². The van der Waals surface area contributed by atoms with Gasteiger partial charge in [0.2, 0.25) is 0 Å². The third-order valence-electron chi connectivity index (χ3n) is 7.53. The fourth-order valence-electron chi connectivity index (χ4n) is 5.33. The Bertz CT molecular complexity index is 2140. The standard InChI is InChI=1S/C32H26O8S2/c1-17-13-25-19(3)31(38-28(25)15-27(17)40-41(33)34)23-9-5-21(6-10-23)22-7-11-24(12-8-22)32-20(4)26-14-18(2)30(42(35,36)37)16-29(26)39-32/h5-16H,1-4H3,(H,33,34)(H,35,36,37). The van der Waals surface area contributed by atoms with E-state index in [4.69, 9.17) is 17.6 Å². The van der Waals surface area contributed by atoms with Crippen LogP contribution < -0.4 is 4.18 Å². The number of aryl methyl sites for hydroxylation is 4. The molecular formula is C32H26O8S2. The van der Waals surface area contributed by atoms with Gasteiger partial charge in [0, 0.05) is 45.2 Å². The molecule has 2 heterocycles. The molecule has 0 bridgehead atoms. The summed E-state index contributed by atoms with van der Waals surface area (Å²) >= 11 is -2.42. The molecule has 1 atom stereocenters. The molecular weight excluding hydrogens is 576 g/mol. The van der Waals surface area contributed by atoms with E-state index in [1.165, 1.54) is 6.07 Å². The van der Waals surface area contributed by atoms with Crippen LogP contribution in [0.3, 0.4) is 0 Å². The second-order valence-corrected chi connectivity index (χ2v) is 12.3. The zero-order chi connectivity index (χ0) is 29.9. The molecule has 6 aromatic rings. The van der Waals surface area contributed by atoms with Crippen LogP contribution in [-0.2, 0) is 21.5 Å². The minimum atomic E-state index is -4.36. The second kappa shape index (κ2) is 10.2. The Morgan fingerprint density at radius 1 is 0.667 bits per heavy atom. The first-order valence-electron chi connectivity index (χ1n) is 13.0. The Labute approximate surface area is 244 Å². The van der Waals surface area contributed by atoms with Crippen LogP contribution in [0, 0.1) is 27.7 Å². The summed E-state index contributed by atoms with van der Waals surface area (Å²) in [5.41, 5.74) is 7.73. The van der Waals surface area contributed by atoms with Gasteiger partial charge in [-0.15, -0.1) is 0 Å². The number of furan rings is 2. The topological polar surface area (TPSA) is 127 Å². The molecule has 0 spiro atoms. The van der Waals surface area contributed by atoms with Crippen LogP contribution in [0.2, 0.25) is 0 Å². The predicted octanol–water partition coefficient (Wildman–Crippen LogP) is 8.18. The number of fused-ring (bicyclic) bond motifs is 2.